The van der Waals surface area contributed by atoms with E-state index in [0.29, 0.717) is 11.8 Å². The topological polar surface area (TPSA) is 55.0 Å². The lowest BCUT2D eigenvalue weighted by Crippen LogP contribution is -2.21. The lowest BCUT2D eigenvalue weighted by molar-refractivity contribution is 0.185. The smallest absolute Gasteiger partial charge is 0.264 e. The van der Waals surface area contributed by atoms with Crippen LogP contribution in [0.25, 0.3) is 0 Å². The molecule has 0 spiro atoms. The summed E-state index contributed by atoms with van der Waals surface area (Å²) in [6.45, 7) is 5.90. The van der Waals surface area contributed by atoms with Crippen molar-refractivity contribution >= 4 is 22.6 Å². The number of rotatable bonds is 4. The Kier molecular flexibility index (Phi) is 4.77. The van der Waals surface area contributed by atoms with E-state index in [1.54, 1.807) is 0 Å². The summed E-state index contributed by atoms with van der Waals surface area (Å²) in [7, 11) is 0. The van der Waals surface area contributed by atoms with Gasteiger partial charge in [0.1, 0.15) is 5.82 Å². The van der Waals surface area contributed by atoms with Crippen molar-refractivity contribution in [2.45, 2.75) is 33.1 Å². The minimum Gasteiger partial charge on any atom is -0.381 e. The summed E-state index contributed by atoms with van der Waals surface area (Å²) in [5.74, 6) is 1.82. The van der Waals surface area contributed by atoms with Crippen LogP contribution in [-0.2, 0) is 17.6 Å². The van der Waals surface area contributed by atoms with E-state index in [0.717, 1.165) is 47.6 Å². The van der Waals surface area contributed by atoms with Gasteiger partial charge in [0, 0.05) is 19.6 Å². The molecule has 1 aliphatic rings. The highest BCUT2D eigenvalue weighted by Gasteiger charge is 2.18. The van der Waals surface area contributed by atoms with E-state index < -0.39 is 0 Å². The van der Waals surface area contributed by atoms with Crippen molar-refractivity contribution in [3.8, 4) is 0 Å². The van der Waals surface area contributed by atoms with Crippen LogP contribution in [0, 0.1) is 15.4 Å². The number of nitrogens with zero attached hydrogens (tertiary/aromatic N) is 1. The zero-order chi connectivity index (χ0) is 13.1. The number of aromatic nitrogens is 2. The number of hydrogen-bond acceptors (Lipinski definition) is 3. The van der Waals surface area contributed by atoms with Crippen LogP contribution in [0.15, 0.2) is 4.79 Å². The highest BCUT2D eigenvalue weighted by atomic mass is 127. The molecule has 18 heavy (non-hydrogen) atoms. The number of hydrogen-bond donors (Lipinski definition) is 1. The molecule has 5 heteroatoms. The molecule has 0 aliphatic carbocycles. The molecule has 2 heterocycles. The molecule has 0 radical (unpaired) electrons. The Hall–Kier alpha value is -0.430. The van der Waals surface area contributed by atoms with E-state index in [-0.39, 0.29) is 5.56 Å². The fourth-order valence-corrected chi connectivity index (χ4v) is 2.67. The number of H-pyrrole nitrogens is 1. The summed E-state index contributed by atoms with van der Waals surface area (Å²) in [5.41, 5.74) is 0.929. The van der Waals surface area contributed by atoms with Gasteiger partial charge in [-0.1, -0.05) is 13.8 Å². The first kappa shape index (κ1) is 14.0. The fourth-order valence-electron chi connectivity index (χ4n) is 2.19. The average molecular weight is 362 g/mol. The zero-order valence-corrected chi connectivity index (χ0v) is 13.0. The predicted octanol–water partition coefficient (Wildman–Crippen LogP) is 2.15. The fraction of sp³-hybridized carbons (Fsp3) is 0.692. The normalized spacial score (nSPS) is 19.7. The Bertz CT molecular complexity index is 465. The second-order valence-electron chi connectivity index (χ2n) is 5.31. The molecule has 1 aliphatic heterocycles. The number of halogens is 1. The molecule has 1 saturated heterocycles. The van der Waals surface area contributed by atoms with Gasteiger partial charge in [-0.3, -0.25) is 4.79 Å². The Balaban J connectivity index is 2.20. The zero-order valence-electron chi connectivity index (χ0n) is 10.8. The lowest BCUT2D eigenvalue weighted by atomic mass is 10.0. The molecule has 0 saturated carbocycles. The standard InChI is InChI=1S/C13H19IN2O2/c1-8(2)5-10-12(14)13(17)16-11(15-10)6-9-3-4-18-7-9/h8-9H,3-7H2,1-2H3,(H,15,16,17). The van der Waals surface area contributed by atoms with Crippen LogP contribution in [0.4, 0.5) is 0 Å². The van der Waals surface area contributed by atoms with Crippen LogP contribution in [0.3, 0.4) is 0 Å². The van der Waals surface area contributed by atoms with Gasteiger partial charge in [-0.2, -0.15) is 0 Å². The van der Waals surface area contributed by atoms with Gasteiger partial charge in [0.2, 0.25) is 0 Å². The maximum atomic E-state index is 11.9. The van der Waals surface area contributed by atoms with Crippen molar-refractivity contribution < 1.29 is 4.74 Å². The monoisotopic (exact) mass is 362 g/mol. The molecule has 1 fully saturated rings. The van der Waals surface area contributed by atoms with Crippen molar-refractivity contribution in [3.05, 3.63) is 25.4 Å². The largest absolute Gasteiger partial charge is 0.381 e. The molecule has 0 aromatic carbocycles. The molecule has 4 nitrogen and oxygen atoms in total. The predicted molar refractivity (Wildman–Crippen MR) is 78.7 cm³/mol. The summed E-state index contributed by atoms with van der Waals surface area (Å²) in [6.07, 6.45) is 2.74. The Morgan fingerprint density at radius 3 is 2.94 bits per heavy atom. The van der Waals surface area contributed by atoms with Crippen LogP contribution in [0.1, 0.15) is 31.8 Å². The van der Waals surface area contributed by atoms with Crippen LogP contribution in [0.5, 0.6) is 0 Å². The van der Waals surface area contributed by atoms with Gasteiger partial charge in [-0.25, -0.2) is 4.98 Å². The van der Waals surface area contributed by atoms with Gasteiger partial charge in [0.15, 0.2) is 0 Å². The third kappa shape index (κ3) is 3.54. The Morgan fingerprint density at radius 1 is 1.56 bits per heavy atom. The molecule has 2 rings (SSSR count). The quantitative estimate of drug-likeness (QED) is 0.836. The van der Waals surface area contributed by atoms with E-state index in [1.807, 2.05) is 0 Å². The van der Waals surface area contributed by atoms with Crippen LogP contribution < -0.4 is 5.56 Å². The van der Waals surface area contributed by atoms with E-state index in [4.69, 9.17) is 4.74 Å². The lowest BCUT2D eigenvalue weighted by Gasteiger charge is -2.11. The maximum absolute atomic E-state index is 11.9. The molecule has 1 aromatic rings. The van der Waals surface area contributed by atoms with Crippen LogP contribution in [-0.4, -0.2) is 23.2 Å². The van der Waals surface area contributed by atoms with Gasteiger partial charge in [0.25, 0.3) is 5.56 Å². The highest BCUT2D eigenvalue weighted by Crippen LogP contribution is 2.17. The SMILES string of the molecule is CC(C)Cc1nc(CC2CCOC2)[nH]c(=O)c1I. The summed E-state index contributed by atoms with van der Waals surface area (Å²) in [4.78, 5) is 19.4. The van der Waals surface area contributed by atoms with Gasteiger partial charge in [-0.15, -0.1) is 0 Å². The minimum absolute atomic E-state index is 0.00448. The number of nitrogens with one attached hydrogen (secondary N) is 1. The Morgan fingerprint density at radius 2 is 2.33 bits per heavy atom. The first-order valence-corrected chi connectivity index (χ1v) is 7.49. The van der Waals surface area contributed by atoms with Crippen LogP contribution in [0.2, 0.25) is 0 Å². The second kappa shape index (κ2) is 6.14. The summed E-state index contributed by atoms with van der Waals surface area (Å²) < 4.78 is 6.09. The molecule has 1 atom stereocenters. The van der Waals surface area contributed by atoms with Crippen molar-refractivity contribution in [2.75, 3.05) is 13.2 Å². The number of ether oxygens (including phenoxy) is 1. The molecule has 1 N–H and O–H groups in total. The summed E-state index contributed by atoms with van der Waals surface area (Å²) in [5, 5.41) is 0. The molecular formula is C13H19IN2O2. The van der Waals surface area contributed by atoms with Gasteiger partial charge < -0.3 is 9.72 Å². The van der Waals surface area contributed by atoms with Gasteiger partial charge >= 0.3 is 0 Å². The highest BCUT2D eigenvalue weighted by molar-refractivity contribution is 14.1. The van der Waals surface area contributed by atoms with Gasteiger partial charge in [0.05, 0.1) is 9.26 Å². The second-order valence-corrected chi connectivity index (χ2v) is 6.38. The Labute approximate surface area is 121 Å². The molecule has 0 amide bonds. The van der Waals surface area contributed by atoms with E-state index in [1.165, 1.54) is 0 Å². The molecule has 0 bridgehead atoms. The average Bonchev–Trinajstić information content (AvgIpc) is 2.77. The maximum Gasteiger partial charge on any atom is 0.264 e. The van der Waals surface area contributed by atoms with Crippen molar-refractivity contribution in [1.82, 2.24) is 9.97 Å². The van der Waals surface area contributed by atoms with E-state index in [9.17, 15) is 4.79 Å². The first-order valence-electron chi connectivity index (χ1n) is 6.41. The summed E-state index contributed by atoms with van der Waals surface area (Å²) >= 11 is 2.09. The molecular weight excluding hydrogens is 343 g/mol. The summed E-state index contributed by atoms with van der Waals surface area (Å²) in [6, 6.07) is 0. The third-order valence-electron chi connectivity index (χ3n) is 3.09. The number of aromatic amines is 1. The third-order valence-corrected chi connectivity index (χ3v) is 4.20. The molecule has 100 valence electrons. The molecule has 1 aromatic heterocycles. The van der Waals surface area contributed by atoms with Crippen molar-refractivity contribution in [1.29, 1.82) is 0 Å². The van der Waals surface area contributed by atoms with Gasteiger partial charge in [-0.05, 0) is 47.3 Å². The van der Waals surface area contributed by atoms with Crippen molar-refractivity contribution in [2.24, 2.45) is 11.8 Å². The van der Waals surface area contributed by atoms with Crippen LogP contribution >= 0.6 is 22.6 Å². The van der Waals surface area contributed by atoms with E-state index >= 15 is 0 Å². The molecule has 1 unspecified atom stereocenters. The van der Waals surface area contributed by atoms with Crippen molar-refractivity contribution in [3.63, 3.8) is 0 Å². The first-order chi connectivity index (χ1) is 8.56. The van der Waals surface area contributed by atoms with E-state index in [2.05, 4.69) is 46.4 Å². The minimum atomic E-state index is -0.00448.